The molecule has 0 atom stereocenters. The molecule has 0 N–H and O–H groups in total. The molecule has 1 heterocycles. The lowest BCUT2D eigenvalue weighted by molar-refractivity contribution is 1.08. The van der Waals surface area contributed by atoms with E-state index in [1.165, 1.54) is 60.8 Å². The molecule has 0 spiro atoms. The molecule has 0 saturated carbocycles. The number of hydrogen-bond donors (Lipinski definition) is 0. The van der Waals surface area contributed by atoms with Crippen LogP contribution >= 0.6 is 11.8 Å². The van der Waals surface area contributed by atoms with Crippen LogP contribution in [0.4, 0.5) is 5.69 Å². The Morgan fingerprint density at radius 2 is 1.10 bits per heavy atom. The highest BCUT2D eigenvalue weighted by atomic mass is 32.2. The maximum absolute atomic E-state index is 2.50. The monoisotopic (exact) mass is 399 g/mol. The molecule has 3 aromatic carbocycles. The van der Waals surface area contributed by atoms with E-state index >= 15 is 0 Å². The molecule has 148 valence electrons. The van der Waals surface area contributed by atoms with E-state index in [1.54, 1.807) is 0 Å². The molecule has 0 amide bonds. The Balaban J connectivity index is 2.02. The van der Waals surface area contributed by atoms with Gasteiger partial charge in [-0.2, -0.15) is 0 Å². The molecular weight excluding hydrogens is 370 g/mol. The summed E-state index contributed by atoms with van der Waals surface area (Å²) in [6.07, 6.45) is 0. The number of anilines is 1. The largest absolute Gasteiger partial charge is 0.334 e. The van der Waals surface area contributed by atoms with Crippen molar-refractivity contribution in [1.29, 1.82) is 0 Å². The molecule has 2 heteroatoms. The highest BCUT2D eigenvalue weighted by Gasteiger charge is 2.24. The summed E-state index contributed by atoms with van der Waals surface area (Å²) in [6.45, 7) is 13.2. The van der Waals surface area contributed by atoms with E-state index in [-0.39, 0.29) is 0 Å². The van der Waals surface area contributed by atoms with Crippen LogP contribution in [-0.2, 0) is 0 Å². The summed E-state index contributed by atoms with van der Waals surface area (Å²) < 4.78 is 0. The Bertz CT molecular complexity index is 1010. The Kier molecular flexibility index (Phi) is 5.31. The number of aryl methyl sites for hydroxylation is 4. The second-order valence-corrected chi connectivity index (χ2v) is 9.46. The van der Waals surface area contributed by atoms with Crippen molar-refractivity contribution in [1.82, 2.24) is 0 Å². The lowest BCUT2D eigenvalue weighted by Gasteiger charge is -2.27. The number of nitrogens with zero attached hydrogens (tertiary/aromatic N) is 1. The van der Waals surface area contributed by atoms with Gasteiger partial charge in [-0.25, -0.2) is 0 Å². The summed E-state index contributed by atoms with van der Waals surface area (Å²) in [5.41, 5.74) is 13.1. The standard InChI is InChI=1S/C27H29NS/c1-17-10-18(2)13-23(12-17)25-8-7-9-26(24-14-19(3)11-20(4)15-24)27(25)28-16-29-22(6)21(28)5/h7-15H,16H2,1-6H3. The van der Waals surface area contributed by atoms with Gasteiger partial charge in [-0.3, -0.25) is 0 Å². The number of hydrogen-bond acceptors (Lipinski definition) is 2. The molecule has 0 radical (unpaired) electrons. The number of benzene rings is 3. The van der Waals surface area contributed by atoms with Crippen LogP contribution in [0.5, 0.6) is 0 Å². The van der Waals surface area contributed by atoms with Crippen LogP contribution in [0, 0.1) is 27.7 Å². The van der Waals surface area contributed by atoms with E-state index in [1.807, 2.05) is 11.8 Å². The van der Waals surface area contributed by atoms with Gasteiger partial charge in [0.1, 0.15) is 0 Å². The van der Waals surface area contributed by atoms with Crippen molar-refractivity contribution in [2.45, 2.75) is 41.5 Å². The molecule has 29 heavy (non-hydrogen) atoms. The Morgan fingerprint density at radius 1 is 0.655 bits per heavy atom. The van der Waals surface area contributed by atoms with Gasteiger partial charge in [-0.1, -0.05) is 76.9 Å². The van der Waals surface area contributed by atoms with Gasteiger partial charge in [-0.15, -0.1) is 11.8 Å². The minimum atomic E-state index is 0.970. The molecule has 1 aliphatic rings. The third kappa shape index (κ3) is 3.86. The molecule has 4 rings (SSSR count). The van der Waals surface area contributed by atoms with Crippen LogP contribution in [0.3, 0.4) is 0 Å². The first-order valence-corrected chi connectivity index (χ1v) is 11.2. The highest BCUT2D eigenvalue weighted by molar-refractivity contribution is 8.03. The van der Waals surface area contributed by atoms with Crippen LogP contribution in [0.1, 0.15) is 36.1 Å². The normalized spacial score (nSPS) is 14.1. The molecule has 3 aromatic rings. The van der Waals surface area contributed by atoms with E-state index in [4.69, 9.17) is 0 Å². The highest BCUT2D eigenvalue weighted by Crippen LogP contribution is 2.45. The van der Waals surface area contributed by atoms with Crippen molar-refractivity contribution in [3.05, 3.63) is 87.5 Å². The minimum absolute atomic E-state index is 0.970. The molecule has 0 unspecified atom stereocenters. The van der Waals surface area contributed by atoms with Crippen LogP contribution in [0.15, 0.2) is 65.2 Å². The van der Waals surface area contributed by atoms with E-state index in [0.717, 1.165) is 5.88 Å². The number of thioether (sulfide) groups is 1. The van der Waals surface area contributed by atoms with E-state index in [9.17, 15) is 0 Å². The summed E-state index contributed by atoms with van der Waals surface area (Å²) in [5.74, 6) is 0.970. The van der Waals surface area contributed by atoms with Gasteiger partial charge in [0.15, 0.2) is 0 Å². The van der Waals surface area contributed by atoms with Crippen molar-refractivity contribution in [2.24, 2.45) is 0 Å². The second kappa shape index (κ2) is 7.76. The first kappa shape index (κ1) is 19.8. The lowest BCUT2D eigenvalue weighted by atomic mass is 9.92. The number of allylic oxidation sites excluding steroid dienone is 2. The van der Waals surface area contributed by atoms with Gasteiger partial charge in [0.25, 0.3) is 0 Å². The van der Waals surface area contributed by atoms with E-state index in [0.29, 0.717) is 0 Å². The lowest BCUT2D eigenvalue weighted by Crippen LogP contribution is -2.18. The van der Waals surface area contributed by atoms with E-state index < -0.39 is 0 Å². The Labute approximate surface area is 179 Å². The van der Waals surface area contributed by atoms with Crippen molar-refractivity contribution in [3.63, 3.8) is 0 Å². The fourth-order valence-corrected chi connectivity index (χ4v) is 5.31. The van der Waals surface area contributed by atoms with Gasteiger partial charge in [-0.05, 0) is 52.7 Å². The van der Waals surface area contributed by atoms with Gasteiger partial charge >= 0.3 is 0 Å². The van der Waals surface area contributed by atoms with Gasteiger partial charge < -0.3 is 4.90 Å². The number of para-hydroxylation sites is 1. The average molecular weight is 400 g/mol. The fraction of sp³-hybridized carbons (Fsp3) is 0.259. The van der Waals surface area contributed by atoms with Crippen molar-refractivity contribution >= 4 is 17.4 Å². The van der Waals surface area contributed by atoms with Gasteiger partial charge in [0, 0.05) is 21.7 Å². The third-order valence-corrected chi connectivity index (χ3v) is 6.81. The molecule has 0 saturated heterocycles. The van der Waals surface area contributed by atoms with Gasteiger partial charge in [0.05, 0.1) is 11.6 Å². The first-order chi connectivity index (χ1) is 13.8. The second-order valence-electron chi connectivity index (χ2n) is 8.30. The predicted molar refractivity (Wildman–Crippen MR) is 130 cm³/mol. The summed E-state index contributed by atoms with van der Waals surface area (Å²) in [7, 11) is 0. The fourth-order valence-electron chi connectivity index (χ4n) is 4.35. The maximum Gasteiger partial charge on any atom is 0.0729 e. The number of rotatable bonds is 3. The van der Waals surface area contributed by atoms with Crippen molar-refractivity contribution in [3.8, 4) is 22.3 Å². The average Bonchev–Trinajstić information content (AvgIpc) is 2.98. The third-order valence-electron chi connectivity index (χ3n) is 5.70. The van der Waals surface area contributed by atoms with E-state index in [2.05, 4.69) is 101 Å². The van der Waals surface area contributed by atoms with Crippen molar-refractivity contribution < 1.29 is 0 Å². The van der Waals surface area contributed by atoms with Crippen LogP contribution in [0.2, 0.25) is 0 Å². The van der Waals surface area contributed by atoms with Crippen LogP contribution in [0.25, 0.3) is 22.3 Å². The predicted octanol–water partition coefficient (Wildman–Crippen LogP) is 8.02. The summed E-state index contributed by atoms with van der Waals surface area (Å²) in [5, 5.41) is 0. The Hall–Kier alpha value is -2.45. The first-order valence-electron chi connectivity index (χ1n) is 10.2. The maximum atomic E-state index is 2.50. The van der Waals surface area contributed by atoms with Crippen molar-refractivity contribution in [2.75, 3.05) is 10.8 Å². The molecular formula is C27H29NS. The summed E-state index contributed by atoms with van der Waals surface area (Å²) >= 11 is 1.93. The van der Waals surface area contributed by atoms with Crippen LogP contribution in [-0.4, -0.2) is 5.88 Å². The van der Waals surface area contributed by atoms with Gasteiger partial charge in [0.2, 0.25) is 0 Å². The zero-order chi connectivity index (χ0) is 20.7. The Morgan fingerprint density at radius 3 is 1.48 bits per heavy atom. The molecule has 1 aliphatic heterocycles. The zero-order valence-corrected chi connectivity index (χ0v) is 19.1. The smallest absolute Gasteiger partial charge is 0.0729 e. The SMILES string of the molecule is CC1=C(C)N(c2c(-c3cc(C)cc(C)c3)cccc2-c2cc(C)cc(C)c2)CS1. The topological polar surface area (TPSA) is 3.24 Å². The molecule has 0 fully saturated rings. The zero-order valence-electron chi connectivity index (χ0n) is 18.3. The quantitative estimate of drug-likeness (QED) is 0.439. The molecule has 1 nitrogen and oxygen atoms in total. The van der Waals surface area contributed by atoms with Crippen LogP contribution < -0.4 is 4.90 Å². The summed E-state index contributed by atoms with van der Waals surface area (Å²) in [6, 6.07) is 20.5. The summed E-state index contributed by atoms with van der Waals surface area (Å²) in [4.78, 5) is 3.91. The minimum Gasteiger partial charge on any atom is -0.334 e. The molecule has 0 aliphatic carbocycles. The molecule has 0 bridgehead atoms. The molecule has 0 aromatic heterocycles.